The number of carbonyl (C=O) groups excluding carboxylic acids is 1. The van der Waals surface area contributed by atoms with E-state index in [-0.39, 0.29) is 17.4 Å². The maximum Gasteiger partial charge on any atom is 0.229 e. The summed E-state index contributed by atoms with van der Waals surface area (Å²) in [5.74, 6) is 2.69. The first-order valence-corrected chi connectivity index (χ1v) is 4.73. The van der Waals surface area contributed by atoms with Gasteiger partial charge in [0.15, 0.2) is 5.82 Å². The second-order valence-electron chi connectivity index (χ2n) is 3.44. The number of amides is 1. The first-order chi connectivity index (χ1) is 7.76. The molecule has 0 aliphatic carbocycles. The predicted molar refractivity (Wildman–Crippen MR) is 56.0 cm³/mol. The molecule has 1 atom stereocenters. The number of hydrogen-bond acceptors (Lipinski definition) is 4. The van der Waals surface area contributed by atoms with Crippen LogP contribution in [0.3, 0.4) is 0 Å². The van der Waals surface area contributed by atoms with Crippen molar-refractivity contribution in [3.8, 4) is 18.4 Å². The maximum atomic E-state index is 11.7. The van der Waals surface area contributed by atoms with Crippen molar-refractivity contribution in [3.63, 3.8) is 0 Å². The normalized spacial score (nSPS) is 19.2. The van der Waals surface area contributed by atoms with Crippen LogP contribution in [0.15, 0.2) is 12.5 Å². The number of terminal acetylenes is 1. The summed E-state index contributed by atoms with van der Waals surface area (Å²) in [7, 11) is 0. The second-order valence-corrected chi connectivity index (χ2v) is 3.44. The van der Waals surface area contributed by atoms with Gasteiger partial charge in [-0.15, -0.1) is 12.3 Å². The molecular weight excluding hydrogens is 204 g/mol. The summed E-state index contributed by atoms with van der Waals surface area (Å²) in [6, 6.07) is 1.96. The summed E-state index contributed by atoms with van der Waals surface area (Å²) in [6.45, 7) is 0.418. The number of carbonyl (C=O) groups is 1. The number of nitriles is 1. The molecule has 0 N–H and O–H groups in total. The Morgan fingerprint density at radius 3 is 3.06 bits per heavy atom. The SMILES string of the molecule is C#CC1CC(=O)N(c2ncncc2C#N)C1. The Balaban J connectivity index is 2.36. The average Bonchev–Trinajstić information content (AvgIpc) is 2.70. The van der Waals surface area contributed by atoms with Gasteiger partial charge in [-0.3, -0.25) is 9.69 Å². The highest BCUT2D eigenvalue weighted by molar-refractivity contribution is 5.96. The number of aromatic nitrogens is 2. The van der Waals surface area contributed by atoms with Gasteiger partial charge in [-0.2, -0.15) is 5.26 Å². The van der Waals surface area contributed by atoms with Crippen LogP contribution in [0.2, 0.25) is 0 Å². The van der Waals surface area contributed by atoms with Crippen LogP contribution in [0.5, 0.6) is 0 Å². The van der Waals surface area contributed by atoms with Crippen molar-refractivity contribution >= 4 is 11.7 Å². The van der Waals surface area contributed by atoms with Crippen molar-refractivity contribution in [3.05, 3.63) is 18.1 Å². The highest BCUT2D eigenvalue weighted by Gasteiger charge is 2.31. The van der Waals surface area contributed by atoms with Crippen LogP contribution in [0.25, 0.3) is 0 Å². The predicted octanol–water partition coefficient (Wildman–Crippen LogP) is 0.334. The van der Waals surface area contributed by atoms with Gasteiger partial charge in [0.1, 0.15) is 18.0 Å². The van der Waals surface area contributed by atoms with Crippen LogP contribution in [0.4, 0.5) is 5.82 Å². The van der Waals surface area contributed by atoms with Crippen LogP contribution >= 0.6 is 0 Å². The first-order valence-electron chi connectivity index (χ1n) is 4.73. The van der Waals surface area contributed by atoms with Crippen molar-refractivity contribution in [2.45, 2.75) is 6.42 Å². The van der Waals surface area contributed by atoms with E-state index < -0.39 is 0 Å². The Morgan fingerprint density at radius 1 is 1.62 bits per heavy atom. The lowest BCUT2D eigenvalue weighted by molar-refractivity contribution is -0.117. The molecule has 0 spiro atoms. The largest absolute Gasteiger partial charge is 0.294 e. The van der Waals surface area contributed by atoms with E-state index in [4.69, 9.17) is 11.7 Å². The minimum absolute atomic E-state index is 0.0989. The van der Waals surface area contributed by atoms with Gasteiger partial charge in [-0.05, 0) is 0 Å². The lowest BCUT2D eigenvalue weighted by atomic mass is 10.1. The summed E-state index contributed by atoms with van der Waals surface area (Å²) in [5.41, 5.74) is 0.286. The third-order valence-corrected chi connectivity index (χ3v) is 2.43. The molecule has 0 saturated carbocycles. The van der Waals surface area contributed by atoms with Gasteiger partial charge in [-0.1, -0.05) is 0 Å². The smallest absolute Gasteiger partial charge is 0.229 e. The fourth-order valence-electron chi connectivity index (χ4n) is 1.64. The number of hydrogen-bond donors (Lipinski definition) is 0. The van der Waals surface area contributed by atoms with E-state index in [0.29, 0.717) is 18.8 Å². The van der Waals surface area contributed by atoms with Gasteiger partial charge < -0.3 is 0 Å². The first kappa shape index (κ1) is 10.1. The molecule has 1 amide bonds. The molecule has 1 aliphatic rings. The van der Waals surface area contributed by atoms with Gasteiger partial charge in [0.25, 0.3) is 0 Å². The van der Waals surface area contributed by atoms with Crippen LogP contribution in [0.1, 0.15) is 12.0 Å². The molecule has 1 fully saturated rings. The van der Waals surface area contributed by atoms with Gasteiger partial charge in [-0.25, -0.2) is 9.97 Å². The fraction of sp³-hybridized carbons (Fsp3) is 0.273. The Morgan fingerprint density at radius 2 is 2.44 bits per heavy atom. The zero-order chi connectivity index (χ0) is 11.5. The van der Waals surface area contributed by atoms with E-state index in [1.807, 2.05) is 6.07 Å². The van der Waals surface area contributed by atoms with Crippen molar-refractivity contribution in [2.75, 3.05) is 11.4 Å². The molecule has 5 nitrogen and oxygen atoms in total. The third-order valence-electron chi connectivity index (χ3n) is 2.43. The molecule has 0 radical (unpaired) electrons. The molecule has 16 heavy (non-hydrogen) atoms. The summed E-state index contributed by atoms with van der Waals surface area (Å²) in [6.07, 6.45) is 8.29. The molecule has 5 heteroatoms. The number of rotatable bonds is 1. The van der Waals surface area contributed by atoms with E-state index in [2.05, 4.69) is 15.9 Å². The van der Waals surface area contributed by atoms with Gasteiger partial charge in [0, 0.05) is 18.9 Å². The van der Waals surface area contributed by atoms with E-state index in [1.165, 1.54) is 17.4 Å². The second kappa shape index (κ2) is 4.00. The molecule has 1 aromatic rings. The Bertz CT molecular complexity index is 511. The fourth-order valence-corrected chi connectivity index (χ4v) is 1.64. The lowest BCUT2D eigenvalue weighted by Gasteiger charge is -2.14. The monoisotopic (exact) mass is 212 g/mol. The molecule has 78 valence electrons. The summed E-state index contributed by atoms with van der Waals surface area (Å²) in [5, 5.41) is 8.88. The van der Waals surface area contributed by atoms with Crippen LogP contribution in [-0.2, 0) is 4.79 Å². The molecule has 0 aromatic carbocycles. The number of anilines is 1. The van der Waals surface area contributed by atoms with Crippen molar-refractivity contribution in [1.29, 1.82) is 5.26 Å². The molecule has 1 aromatic heterocycles. The maximum absolute atomic E-state index is 11.7. The summed E-state index contributed by atoms with van der Waals surface area (Å²) >= 11 is 0. The van der Waals surface area contributed by atoms with E-state index >= 15 is 0 Å². The van der Waals surface area contributed by atoms with Crippen LogP contribution in [0, 0.1) is 29.6 Å². The molecule has 0 bridgehead atoms. The molecular formula is C11H8N4O. The highest BCUT2D eigenvalue weighted by atomic mass is 16.2. The lowest BCUT2D eigenvalue weighted by Crippen LogP contribution is -2.26. The number of nitrogens with zero attached hydrogens (tertiary/aromatic N) is 4. The van der Waals surface area contributed by atoms with Crippen molar-refractivity contribution in [2.24, 2.45) is 5.92 Å². The summed E-state index contributed by atoms with van der Waals surface area (Å²) in [4.78, 5) is 20.8. The Hall–Kier alpha value is -2.40. The van der Waals surface area contributed by atoms with E-state index in [1.54, 1.807) is 0 Å². The molecule has 1 aliphatic heterocycles. The van der Waals surface area contributed by atoms with E-state index in [0.717, 1.165) is 0 Å². The standard InChI is InChI=1S/C11H8N4O/c1-2-8-3-10(16)15(6-8)11-9(4-12)5-13-7-14-11/h1,5,7-8H,3,6H2. The topological polar surface area (TPSA) is 69.9 Å². The van der Waals surface area contributed by atoms with Crippen LogP contribution in [-0.4, -0.2) is 22.4 Å². The van der Waals surface area contributed by atoms with Crippen molar-refractivity contribution < 1.29 is 4.79 Å². The minimum atomic E-state index is -0.103. The van der Waals surface area contributed by atoms with E-state index in [9.17, 15) is 4.79 Å². The van der Waals surface area contributed by atoms with Gasteiger partial charge in [0.2, 0.25) is 5.91 Å². The quantitative estimate of drug-likeness (QED) is 0.629. The van der Waals surface area contributed by atoms with Crippen molar-refractivity contribution in [1.82, 2.24) is 9.97 Å². The average molecular weight is 212 g/mol. The molecule has 2 heterocycles. The minimum Gasteiger partial charge on any atom is -0.294 e. The Labute approximate surface area is 92.7 Å². The third kappa shape index (κ3) is 1.59. The molecule has 2 rings (SSSR count). The zero-order valence-electron chi connectivity index (χ0n) is 8.42. The Kier molecular flexibility index (Phi) is 2.53. The summed E-state index contributed by atoms with van der Waals surface area (Å²) < 4.78 is 0. The molecule has 1 saturated heterocycles. The van der Waals surface area contributed by atoms with Gasteiger partial charge >= 0.3 is 0 Å². The highest BCUT2D eigenvalue weighted by Crippen LogP contribution is 2.24. The van der Waals surface area contributed by atoms with Gasteiger partial charge in [0.05, 0.1) is 6.20 Å². The zero-order valence-corrected chi connectivity index (χ0v) is 8.42. The molecule has 1 unspecified atom stereocenters. The van der Waals surface area contributed by atoms with Crippen LogP contribution < -0.4 is 4.90 Å².